The molecule has 5 heteroatoms. The summed E-state index contributed by atoms with van der Waals surface area (Å²) in [5.74, 6) is 0.992. The van der Waals surface area contributed by atoms with Crippen LogP contribution in [0.2, 0.25) is 0 Å². The minimum absolute atomic E-state index is 0.137. The molecule has 1 atom stereocenters. The lowest BCUT2D eigenvalue weighted by Gasteiger charge is -2.46. The Labute approximate surface area is 161 Å². The Bertz CT molecular complexity index is 763. The molecule has 0 aliphatic carbocycles. The minimum atomic E-state index is 0.137. The van der Waals surface area contributed by atoms with Crippen molar-refractivity contribution in [2.24, 2.45) is 0 Å². The first kappa shape index (κ1) is 18.0. The van der Waals surface area contributed by atoms with Crippen LogP contribution in [0.1, 0.15) is 15.9 Å². The number of hydrogen-bond donors (Lipinski definition) is 0. The van der Waals surface area contributed by atoms with Gasteiger partial charge in [0.1, 0.15) is 12.4 Å². The predicted octanol–water partition coefficient (Wildman–Crippen LogP) is 2.34. The molecule has 0 spiro atoms. The van der Waals surface area contributed by atoms with E-state index in [-0.39, 0.29) is 5.91 Å². The van der Waals surface area contributed by atoms with Gasteiger partial charge in [0.05, 0.1) is 0 Å². The number of fused-ring (bicyclic) bond motifs is 1. The highest BCUT2D eigenvalue weighted by atomic mass is 16.5. The van der Waals surface area contributed by atoms with Crippen molar-refractivity contribution in [1.82, 2.24) is 14.7 Å². The Morgan fingerprint density at radius 3 is 2.48 bits per heavy atom. The van der Waals surface area contributed by atoms with E-state index in [2.05, 4.69) is 16.8 Å². The van der Waals surface area contributed by atoms with Crippen LogP contribution in [0.3, 0.4) is 0 Å². The van der Waals surface area contributed by atoms with Gasteiger partial charge in [0.25, 0.3) is 5.91 Å². The molecule has 2 fully saturated rings. The van der Waals surface area contributed by atoms with Crippen LogP contribution >= 0.6 is 0 Å². The van der Waals surface area contributed by atoms with Crippen molar-refractivity contribution in [2.45, 2.75) is 12.6 Å². The lowest BCUT2D eigenvalue weighted by molar-refractivity contribution is 0.0190. The van der Waals surface area contributed by atoms with Gasteiger partial charge in [-0.3, -0.25) is 9.69 Å². The Kier molecular flexibility index (Phi) is 5.41. The SMILES string of the molecule is CN1CCN2CCN(C(=O)c3ccc(COc4ccccc4)cc3)C[C@@H]2C1. The second-order valence-corrected chi connectivity index (χ2v) is 7.50. The molecule has 0 unspecified atom stereocenters. The van der Waals surface area contributed by atoms with Crippen LogP contribution in [-0.4, -0.2) is 73.0 Å². The zero-order chi connectivity index (χ0) is 18.6. The molecule has 2 aliphatic heterocycles. The van der Waals surface area contributed by atoms with Crippen molar-refractivity contribution in [3.8, 4) is 5.75 Å². The first-order chi connectivity index (χ1) is 13.2. The van der Waals surface area contributed by atoms with E-state index in [1.54, 1.807) is 0 Å². The summed E-state index contributed by atoms with van der Waals surface area (Å²) in [6.45, 7) is 6.40. The Balaban J connectivity index is 1.35. The Morgan fingerprint density at radius 1 is 0.963 bits per heavy atom. The summed E-state index contributed by atoms with van der Waals surface area (Å²) in [6.07, 6.45) is 0. The zero-order valence-electron chi connectivity index (χ0n) is 15.9. The zero-order valence-corrected chi connectivity index (χ0v) is 15.9. The van der Waals surface area contributed by atoms with E-state index in [0.29, 0.717) is 12.6 Å². The number of hydrogen-bond acceptors (Lipinski definition) is 4. The molecule has 0 aromatic heterocycles. The third kappa shape index (κ3) is 4.31. The molecule has 0 bridgehead atoms. The van der Waals surface area contributed by atoms with E-state index in [1.807, 2.05) is 59.5 Å². The smallest absolute Gasteiger partial charge is 0.253 e. The summed E-state index contributed by atoms with van der Waals surface area (Å²) in [6, 6.07) is 18.1. The van der Waals surface area contributed by atoms with Crippen LogP contribution < -0.4 is 4.74 Å². The van der Waals surface area contributed by atoms with Gasteiger partial charge in [0.15, 0.2) is 0 Å². The molecular formula is C22H27N3O2. The number of para-hydroxylation sites is 1. The molecule has 4 rings (SSSR count). The van der Waals surface area contributed by atoms with Crippen LogP contribution in [0.15, 0.2) is 54.6 Å². The fraction of sp³-hybridized carbons (Fsp3) is 0.409. The lowest BCUT2D eigenvalue weighted by Crippen LogP contribution is -2.62. The molecule has 0 N–H and O–H groups in total. The second kappa shape index (κ2) is 8.11. The molecule has 2 aromatic rings. The lowest BCUT2D eigenvalue weighted by atomic mass is 10.1. The molecular weight excluding hydrogens is 338 g/mol. The molecule has 0 saturated carbocycles. The molecule has 2 saturated heterocycles. The number of benzene rings is 2. The van der Waals surface area contributed by atoms with Crippen LogP contribution in [0, 0.1) is 0 Å². The van der Waals surface area contributed by atoms with E-state index in [4.69, 9.17) is 4.74 Å². The highest BCUT2D eigenvalue weighted by Gasteiger charge is 2.32. The van der Waals surface area contributed by atoms with Gasteiger partial charge >= 0.3 is 0 Å². The van der Waals surface area contributed by atoms with Crippen molar-refractivity contribution < 1.29 is 9.53 Å². The Morgan fingerprint density at radius 2 is 1.70 bits per heavy atom. The maximum absolute atomic E-state index is 12.9. The average molecular weight is 365 g/mol. The predicted molar refractivity (Wildman–Crippen MR) is 106 cm³/mol. The van der Waals surface area contributed by atoms with E-state index in [0.717, 1.165) is 56.1 Å². The van der Waals surface area contributed by atoms with Crippen molar-refractivity contribution in [1.29, 1.82) is 0 Å². The molecule has 2 aromatic carbocycles. The third-order valence-corrected chi connectivity index (χ3v) is 5.53. The number of nitrogens with zero attached hydrogens (tertiary/aromatic N) is 3. The number of piperazine rings is 2. The van der Waals surface area contributed by atoms with Crippen molar-refractivity contribution in [3.05, 3.63) is 65.7 Å². The first-order valence-corrected chi connectivity index (χ1v) is 9.68. The van der Waals surface area contributed by atoms with Gasteiger partial charge in [-0.1, -0.05) is 30.3 Å². The van der Waals surface area contributed by atoms with Gasteiger partial charge in [-0.2, -0.15) is 0 Å². The molecule has 142 valence electrons. The molecule has 5 nitrogen and oxygen atoms in total. The summed E-state index contributed by atoms with van der Waals surface area (Å²) in [4.78, 5) is 19.8. The van der Waals surface area contributed by atoms with Crippen molar-refractivity contribution in [3.63, 3.8) is 0 Å². The largest absolute Gasteiger partial charge is 0.489 e. The van der Waals surface area contributed by atoms with Crippen molar-refractivity contribution in [2.75, 3.05) is 46.3 Å². The first-order valence-electron chi connectivity index (χ1n) is 9.68. The highest BCUT2D eigenvalue weighted by molar-refractivity contribution is 5.94. The second-order valence-electron chi connectivity index (χ2n) is 7.50. The van der Waals surface area contributed by atoms with Crippen molar-refractivity contribution >= 4 is 5.91 Å². The summed E-state index contributed by atoms with van der Waals surface area (Å²) in [5.41, 5.74) is 1.82. The summed E-state index contributed by atoms with van der Waals surface area (Å²) >= 11 is 0. The number of carbonyl (C=O) groups is 1. The minimum Gasteiger partial charge on any atom is -0.489 e. The monoisotopic (exact) mass is 365 g/mol. The van der Waals surface area contributed by atoms with Crippen LogP contribution in [0.5, 0.6) is 5.75 Å². The van der Waals surface area contributed by atoms with Gasteiger partial charge in [-0.15, -0.1) is 0 Å². The van der Waals surface area contributed by atoms with E-state index < -0.39 is 0 Å². The molecule has 2 aliphatic rings. The number of ether oxygens (including phenoxy) is 1. The fourth-order valence-corrected chi connectivity index (χ4v) is 3.90. The maximum atomic E-state index is 12.9. The molecule has 1 amide bonds. The summed E-state index contributed by atoms with van der Waals surface area (Å²) in [7, 11) is 2.16. The molecule has 2 heterocycles. The number of amides is 1. The normalized spacial score (nSPS) is 20.9. The van der Waals surface area contributed by atoms with E-state index >= 15 is 0 Å². The maximum Gasteiger partial charge on any atom is 0.253 e. The van der Waals surface area contributed by atoms with E-state index in [1.165, 1.54) is 0 Å². The summed E-state index contributed by atoms with van der Waals surface area (Å²) in [5, 5.41) is 0. The Hall–Kier alpha value is -2.37. The van der Waals surface area contributed by atoms with Gasteiger partial charge in [0, 0.05) is 50.9 Å². The van der Waals surface area contributed by atoms with Crippen LogP contribution in [0.4, 0.5) is 0 Å². The van der Waals surface area contributed by atoms with E-state index in [9.17, 15) is 4.79 Å². The van der Waals surface area contributed by atoms with Gasteiger partial charge in [-0.25, -0.2) is 0 Å². The highest BCUT2D eigenvalue weighted by Crippen LogP contribution is 2.18. The number of carbonyl (C=O) groups excluding carboxylic acids is 1. The standard InChI is InChI=1S/C22H27N3O2/c1-23-11-12-24-13-14-25(16-20(24)15-23)22(26)19-9-7-18(8-10-19)17-27-21-5-3-2-4-6-21/h2-10,20H,11-17H2,1H3/t20-/m0/s1. The quantitative estimate of drug-likeness (QED) is 0.833. The van der Waals surface area contributed by atoms with Gasteiger partial charge < -0.3 is 14.5 Å². The number of rotatable bonds is 4. The molecule has 27 heavy (non-hydrogen) atoms. The third-order valence-electron chi connectivity index (χ3n) is 5.53. The fourth-order valence-electron chi connectivity index (χ4n) is 3.90. The van der Waals surface area contributed by atoms with Gasteiger partial charge in [-0.05, 0) is 36.9 Å². The molecule has 0 radical (unpaired) electrons. The van der Waals surface area contributed by atoms with Gasteiger partial charge in [0.2, 0.25) is 0 Å². The summed E-state index contributed by atoms with van der Waals surface area (Å²) < 4.78 is 5.77. The average Bonchev–Trinajstić information content (AvgIpc) is 2.72. The number of likely N-dealkylation sites (N-methyl/N-ethyl adjacent to an activating group) is 1. The van der Waals surface area contributed by atoms with Crippen LogP contribution in [-0.2, 0) is 6.61 Å². The van der Waals surface area contributed by atoms with Crippen LogP contribution in [0.25, 0.3) is 0 Å². The topological polar surface area (TPSA) is 36.0 Å².